The number of morpholine rings is 1. The summed E-state index contributed by atoms with van der Waals surface area (Å²) in [4.78, 5) is 4.31. The lowest BCUT2D eigenvalue weighted by Gasteiger charge is -2.13. The molecule has 0 spiro atoms. The van der Waals surface area contributed by atoms with Gasteiger partial charge in [0.05, 0.1) is 46.2 Å². The Hall–Kier alpha value is -0.520. The van der Waals surface area contributed by atoms with Gasteiger partial charge in [-0.25, -0.2) is 0 Å². The highest BCUT2D eigenvalue weighted by Gasteiger charge is 2.05. The van der Waals surface area contributed by atoms with Crippen molar-refractivity contribution < 1.29 is 30.3 Å². The van der Waals surface area contributed by atoms with E-state index in [1.54, 1.807) is 13.8 Å². The molecular formula is C28H75N7O6. The number of likely N-dealkylation sites (N-methyl/N-ethyl adjacent to an activating group) is 1. The second-order valence-corrected chi connectivity index (χ2v) is 9.32. The van der Waals surface area contributed by atoms with Crippen LogP contribution in [0.5, 0.6) is 0 Å². The van der Waals surface area contributed by atoms with Gasteiger partial charge in [-0.3, -0.25) is 0 Å². The number of aliphatic hydroxyl groups excluding tert-OH is 5. The molecule has 12 N–H and O–H groups in total. The van der Waals surface area contributed by atoms with Crippen LogP contribution in [0.1, 0.15) is 48.5 Å². The van der Waals surface area contributed by atoms with Crippen LogP contribution in [0.2, 0.25) is 0 Å². The molecule has 0 unspecified atom stereocenters. The largest absolute Gasteiger partial charge is 0.395 e. The maximum Gasteiger partial charge on any atom is 0.0605 e. The third-order valence-corrected chi connectivity index (χ3v) is 4.35. The van der Waals surface area contributed by atoms with E-state index >= 15 is 0 Å². The normalized spacial score (nSPS) is 11.9. The second-order valence-electron chi connectivity index (χ2n) is 9.32. The molecule has 1 rings (SSSR count). The number of hydrogen-bond donors (Lipinski definition) is 10. The Balaban J connectivity index is -0.0000000877. The lowest BCUT2D eigenvalue weighted by Crippen LogP contribution is -2.35. The van der Waals surface area contributed by atoms with Gasteiger partial charge >= 0.3 is 0 Å². The predicted octanol–water partition coefficient (Wildman–Crippen LogP) is -1.68. The van der Waals surface area contributed by atoms with Crippen molar-refractivity contribution in [3.63, 3.8) is 0 Å². The zero-order valence-electron chi connectivity index (χ0n) is 28.4. The molecule has 0 saturated carbocycles. The molecule has 0 atom stereocenters. The summed E-state index contributed by atoms with van der Waals surface area (Å²) in [5, 5.41) is 49.6. The molecular weight excluding hydrogens is 530 g/mol. The van der Waals surface area contributed by atoms with E-state index in [0.29, 0.717) is 19.6 Å². The third kappa shape index (κ3) is 92.5. The average Bonchev–Trinajstić information content (AvgIpc) is 2.97. The Morgan fingerprint density at radius 3 is 1.22 bits per heavy atom. The lowest BCUT2D eigenvalue weighted by atomic mass is 10.1. The highest BCUT2D eigenvalue weighted by atomic mass is 16.5. The topological polar surface area (TPSA) is 205 Å². The Kier molecular flexibility index (Phi) is 67.5. The monoisotopic (exact) mass is 606 g/mol. The van der Waals surface area contributed by atoms with Crippen molar-refractivity contribution in [2.45, 2.75) is 54.0 Å². The first-order valence-corrected chi connectivity index (χ1v) is 15.0. The minimum Gasteiger partial charge on any atom is -0.395 e. The zero-order chi connectivity index (χ0) is 33.2. The molecule has 0 aromatic heterocycles. The van der Waals surface area contributed by atoms with Crippen LogP contribution in [0.15, 0.2) is 0 Å². The van der Waals surface area contributed by atoms with E-state index in [-0.39, 0.29) is 33.0 Å². The maximum atomic E-state index is 8.28. The molecule has 0 aromatic carbocycles. The van der Waals surface area contributed by atoms with Gasteiger partial charge in [0, 0.05) is 44.8 Å². The van der Waals surface area contributed by atoms with E-state index in [1.807, 2.05) is 19.0 Å². The van der Waals surface area contributed by atoms with Crippen LogP contribution >= 0.6 is 0 Å². The van der Waals surface area contributed by atoms with Crippen LogP contribution in [-0.2, 0) is 4.74 Å². The minimum absolute atomic E-state index is 0.0486. The van der Waals surface area contributed by atoms with Gasteiger partial charge in [0.15, 0.2) is 0 Å². The fourth-order valence-corrected chi connectivity index (χ4v) is 1.92. The fourth-order valence-electron chi connectivity index (χ4n) is 1.92. The summed E-state index contributed by atoms with van der Waals surface area (Å²) in [6, 6.07) is 0. The summed E-state index contributed by atoms with van der Waals surface area (Å²) in [5.74, 6) is 0. The molecule has 13 nitrogen and oxygen atoms in total. The molecule has 13 heteroatoms. The van der Waals surface area contributed by atoms with Crippen molar-refractivity contribution in [1.82, 2.24) is 25.8 Å². The first-order valence-electron chi connectivity index (χ1n) is 15.0. The smallest absolute Gasteiger partial charge is 0.0605 e. The Labute approximate surface area is 254 Å². The van der Waals surface area contributed by atoms with Gasteiger partial charge in [0.2, 0.25) is 0 Å². The van der Waals surface area contributed by atoms with E-state index in [2.05, 4.69) is 55.5 Å². The van der Waals surface area contributed by atoms with E-state index in [1.165, 1.54) is 19.6 Å². The number of nitrogens with one attached hydrogen (secondary N) is 3. The van der Waals surface area contributed by atoms with Crippen LogP contribution in [0.25, 0.3) is 0 Å². The first kappa shape index (κ1) is 53.1. The highest BCUT2D eigenvalue weighted by Crippen LogP contribution is 1.90. The summed E-state index contributed by atoms with van der Waals surface area (Å²) in [7, 11) is 3.85. The number of aliphatic hydroxyl groups is 5. The lowest BCUT2D eigenvalue weighted by molar-refractivity contribution is 0.109. The zero-order valence-corrected chi connectivity index (χ0v) is 28.4. The first-order chi connectivity index (χ1) is 19.4. The van der Waals surface area contributed by atoms with E-state index < -0.39 is 5.54 Å². The molecule has 1 aliphatic rings. The number of hydrogen-bond acceptors (Lipinski definition) is 13. The molecule has 1 fully saturated rings. The molecule has 0 aliphatic carbocycles. The number of rotatable bonds is 13. The van der Waals surface area contributed by atoms with Crippen molar-refractivity contribution in [1.29, 1.82) is 0 Å². The van der Waals surface area contributed by atoms with Crippen LogP contribution in [0.4, 0.5) is 0 Å². The molecule has 41 heavy (non-hydrogen) atoms. The average molecular weight is 606 g/mol. The van der Waals surface area contributed by atoms with Crippen molar-refractivity contribution in [3.8, 4) is 0 Å². The molecule has 0 amide bonds. The van der Waals surface area contributed by atoms with Crippen molar-refractivity contribution in [3.05, 3.63) is 0 Å². The number of nitrogens with zero attached hydrogens (tertiary/aromatic N) is 2. The molecule has 258 valence electrons. The highest BCUT2D eigenvalue weighted by molar-refractivity contribution is 4.67. The molecule has 0 radical (unpaired) electrons. The molecule has 0 bridgehead atoms. The van der Waals surface area contributed by atoms with Crippen LogP contribution in [-0.4, -0.2) is 173 Å². The van der Waals surface area contributed by atoms with Gasteiger partial charge in [-0.05, 0) is 60.7 Å². The Morgan fingerprint density at radius 2 is 1.15 bits per heavy atom. The summed E-state index contributed by atoms with van der Waals surface area (Å²) in [6.45, 7) is 26.8. The van der Waals surface area contributed by atoms with Crippen molar-refractivity contribution in [2.75, 3.05) is 132 Å². The fraction of sp³-hybridized carbons (Fsp3) is 1.00. The Morgan fingerprint density at radius 1 is 0.756 bits per heavy atom. The molecule has 1 heterocycles. The quantitative estimate of drug-likeness (QED) is 0.107. The maximum absolute atomic E-state index is 8.28. The van der Waals surface area contributed by atoms with Gasteiger partial charge < -0.3 is 67.5 Å². The van der Waals surface area contributed by atoms with Crippen LogP contribution in [0.3, 0.4) is 0 Å². The van der Waals surface area contributed by atoms with Gasteiger partial charge in [-0.15, -0.1) is 0 Å². The molecule has 0 aromatic rings. The van der Waals surface area contributed by atoms with Gasteiger partial charge in [0.1, 0.15) is 0 Å². The summed E-state index contributed by atoms with van der Waals surface area (Å²) in [5.41, 5.74) is 9.66. The third-order valence-electron chi connectivity index (χ3n) is 4.35. The van der Waals surface area contributed by atoms with Gasteiger partial charge in [-0.1, -0.05) is 34.6 Å². The van der Waals surface area contributed by atoms with E-state index in [0.717, 1.165) is 45.9 Å². The van der Waals surface area contributed by atoms with Crippen molar-refractivity contribution in [2.24, 2.45) is 11.5 Å². The van der Waals surface area contributed by atoms with Crippen LogP contribution < -0.4 is 27.4 Å². The van der Waals surface area contributed by atoms with Gasteiger partial charge in [0.25, 0.3) is 0 Å². The van der Waals surface area contributed by atoms with Crippen LogP contribution in [0, 0.1) is 0 Å². The second kappa shape index (κ2) is 52.2. The van der Waals surface area contributed by atoms with Crippen molar-refractivity contribution >= 4 is 0 Å². The number of nitrogens with two attached hydrogens (primary N) is 2. The standard InChI is InChI=1S/C6H15N.C4H11NO2.C4H9NO.2C4H11NO.C4H11N.C2H7NO/c1-4-7(5-2)6-3;6-3-1-5-2-4-7;1-3-6-4-2-5-1;1-5(2)3-4-6;1-4(2,5)3-6;1-3-5-4-2;3-1-2-4/h4-6H2,1-3H3;5-7H,1-4H2;5H,1-4H2;6H,3-4H2,1-2H3;6H,3,5H2,1-2H3;5H,3-4H2,1-2H3;4H,1-3H2. The number of ether oxygens (including phenoxy) is 1. The predicted molar refractivity (Wildman–Crippen MR) is 176 cm³/mol. The summed E-state index contributed by atoms with van der Waals surface area (Å²) < 4.78 is 5.01. The van der Waals surface area contributed by atoms with E-state index in [4.69, 9.17) is 41.7 Å². The Bertz CT molecular complexity index is 351. The molecule has 1 aliphatic heterocycles. The van der Waals surface area contributed by atoms with Gasteiger partial charge in [-0.2, -0.15) is 0 Å². The molecule has 1 saturated heterocycles. The summed E-state index contributed by atoms with van der Waals surface area (Å²) in [6.07, 6.45) is 0. The summed E-state index contributed by atoms with van der Waals surface area (Å²) >= 11 is 0. The minimum atomic E-state index is -0.403. The van der Waals surface area contributed by atoms with E-state index in [9.17, 15) is 0 Å². The SMILES string of the molecule is C1COCCN1.CC(C)(N)CO.CCN(CC)CC.CCNCC.CN(C)CCO.NCCO.OCCNCCO.